The maximum atomic E-state index is 5.99. The molecule has 1 unspecified atom stereocenters. The summed E-state index contributed by atoms with van der Waals surface area (Å²) in [5, 5.41) is 4.63. The zero-order chi connectivity index (χ0) is 11.5. The van der Waals surface area contributed by atoms with E-state index in [1.165, 1.54) is 12.0 Å². The van der Waals surface area contributed by atoms with Gasteiger partial charge in [-0.2, -0.15) is 0 Å². The van der Waals surface area contributed by atoms with Crippen LogP contribution in [0, 0.1) is 0 Å². The van der Waals surface area contributed by atoms with Crippen molar-refractivity contribution in [3.8, 4) is 0 Å². The van der Waals surface area contributed by atoms with Gasteiger partial charge in [0.25, 0.3) is 0 Å². The molecule has 1 atom stereocenters. The molecule has 0 saturated carbocycles. The van der Waals surface area contributed by atoms with E-state index < -0.39 is 0 Å². The second kappa shape index (κ2) is 6.81. The van der Waals surface area contributed by atoms with Gasteiger partial charge in [0, 0.05) is 19.1 Å². The molecule has 2 rings (SSSR count). The summed E-state index contributed by atoms with van der Waals surface area (Å²) in [5.74, 6) is 0. The van der Waals surface area contributed by atoms with Gasteiger partial charge in [0.05, 0.1) is 10.0 Å². The van der Waals surface area contributed by atoms with E-state index in [0.29, 0.717) is 16.1 Å². The summed E-state index contributed by atoms with van der Waals surface area (Å²) in [5.41, 5.74) is 1.21. The van der Waals surface area contributed by atoms with Crippen LogP contribution < -0.4 is 5.32 Å². The highest BCUT2D eigenvalue weighted by Gasteiger charge is 2.19. The first-order valence-corrected chi connectivity index (χ1v) is 6.27. The Hall–Kier alpha value is 0.01000. The molecule has 0 aliphatic carbocycles. The highest BCUT2D eigenvalue weighted by atomic mass is 35.5. The molecular formula is C12H17Cl3N2. The van der Waals surface area contributed by atoms with Crippen molar-refractivity contribution in [2.45, 2.75) is 19.0 Å². The van der Waals surface area contributed by atoms with Crippen molar-refractivity contribution in [1.29, 1.82) is 0 Å². The van der Waals surface area contributed by atoms with Crippen LogP contribution in [0.2, 0.25) is 10.0 Å². The number of rotatable bonds is 3. The summed E-state index contributed by atoms with van der Waals surface area (Å²) in [6.07, 6.45) is 1.22. The lowest BCUT2D eigenvalue weighted by atomic mass is 10.1. The molecule has 5 heteroatoms. The predicted molar refractivity (Wildman–Crippen MR) is 76.5 cm³/mol. The number of nitrogens with zero attached hydrogens (tertiary/aromatic N) is 1. The van der Waals surface area contributed by atoms with Crippen molar-refractivity contribution in [3.63, 3.8) is 0 Å². The summed E-state index contributed by atoms with van der Waals surface area (Å²) in [7, 11) is 2.15. The highest BCUT2D eigenvalue weighted by Crippen LogP contribution is 2.23. The largest absolute Gasteiger partial charge is 0.315 e. The Morgan fingerprint density at radius 3 is 2.71 bits per heavy atom. The standard InChI is InChI=1S/C12H16Cl2N2.ClH/c1-16(10-4-5-15-7-10)8-9-2-3-11(13)12(14)6-9;/h2-3,6,10,15H,4-5,7-8H2,1H3;1H. The van der Waals surface area contributed by atoms with Gasteiger partial charge in [-0.25, -0.2) is 0 Å². The van der Waals surface area contributed by atoms with E-state index in [9.17, 15) is 0 Å². The monoisotopic (exact) mass is 294 g/mol. The average Bonchev–Trinajstić information content (AvgIpc) is 2.77. The van der Waals surface area contributed by atoms with E-state index in [1.807, 2.05) is 18.2 Å². The average molecular weight is 296 g/mol. The lowest BCUT2D eigenvalue weighted by molar-refractivity contribution is 0.249. The molecule has 0 radical (unpaired) electrons. The van der Waals surface area contributed by atoms with Gasteiger partial charge >= 0.3 is 0 Å². The van der Waals surface area contributed by atoms with E-state index in [-0.39, 0.29) is 12.4 Å². The van der Waals surface area contributed by atoms with E-state index in [4.69, 9.17) is 23.2 Å². The van der Waals surface area contributed by atoms with E-state index in [0.717, 1.165) is 19.6 Å². The quantitative estimate of drug-likeness (QED) is 0.921. The molecule has 1 aromatic carbocycles. The maximum Gasteiger partial charge on any atom is 0.0595 e. The zero-order valence-corrected chi connectivity index (χ0v) is 12.1. The molecule has 1 fully saturated rings. The SMILES string of the molecule is CN(Cc1ccc(Cl)c(Cl)c1)C1CCNC1.Cl. The Morgan fingerprint density at radius 2 is 2.12 bits per heavy atom. The van der Waals surface area contributed by atoms with Crippen molar-refractivity contribution in [1.82, 2.24) is 10.2 Å². The lowest BCUT2D eigenvalue weighted by Crippen LogP contribution is -2.32. The van der Waals surface area contributed by atoms with Crippen LogP contribution in [0.15, 0.2) is 18.2 Å². The van der Waals surface area contributed by atoms with E-state index in [2.05, 4.69) is 17.3 Å². The molecular weight excluding hydrogens is 279 g/mol. The predicted octanol–water partition coefficient (Wildman–Crippen LogP) is 3.21. The molecule has 1 saturated heterocycles. The van der Waals surface area contributed by atoms with Gasteiger partial charge in [-0.1, -0.05) is 29.3 Å². The molecule has 1 N–H and O–H groups in total. The van der Waals surface area contributed by atoms with Crippen LogP contribution in [0.25, 0.3) is 0 Å². The molecule has 96 valence electrons. The molecule has 17 heavy (non-hydrogen) atoms. The third-order valence-electron chi connectivity index (χ3n) is 3.07. The molecule has 0 spiro atoms. The Bertz CT molecular complexity index is 365. The Labute approximate surface area is 119 Å². The Kier molecular flexibility index (Phi) is 6.04. The van der Waals surface area contributed by atoms with Crippen LogP contribution in [0.5, 0.6) is 0 Å². The van der Waals surface area contributed by atoms with Crippen LogP contribution in [-0.2, 0) is 6.54 Å². The van der Waals surface area contributed by atoms with E-state index in [1.54, 1.807) is 0 Å². The summed E-state index contributed by atoms with van der Waals surface area (Å²) in [6.45, 7) is 3.12. The van der Waals surface area contributed by atoms with Crippen LogP contribution >= 0.6 is 35.6 Å². The Morgan fingerprint density at radius 1 is 1.35 bits per heavy atom. The van der Waals surface area contributed by atoms with Gasteiger partial charge < -0.3 is 5.32 Å². The van der Waals surface area contributed by atoms with Gasteiger partial charge in [-0.3, -0.25) is 4.90 Å². The number of benzene rings is 1. The first kappa shape index (κ1) is 15.1. The van der Waals surface area contributed by atoms with Crippen LogP contribution in [0.4, 0.5) is 0 Å². The molecule has 1 heterocycles. The first-order chi connectivity index (χ1) is 7.66. The minimum Gasteiger partial charge on any atom is -0.315 e. The maximum absolute atomic E-state index is 5.99. The number of hydrogen-bond donors (Lipinski definition) is 1. The van der Waals surface area contributed by atoms with Gasteiger partial charge in [0.1, 0.15) is 0 Å². The van der Waals surface area contributed by atoms with Gasteiger partial charge in [-0.05, 0) is 37.7 Å². The summed E-state index contributed by atoms with van der Waals surface area (Å²) < 4.78 is 0. The third kappa shape index (κ3) is 4.01. The highest BCUT2D eigenvalue weighted by molar-refractivity contribution is 6.42. The molecule has 0 bridgehead atoms. The fraction of sp³-hybridized carbons (Fsp3) is 0.500. The van der Waals surface area contributed by atoms with Crippen LogP contribution in [0.1, 0.15) is 12.0 Å². The second-order valence-electron chi connectivity index (χ2n) is 4.31. The van der Waals surface area contributed by atoms with Crippen molar-refractivity contribution < 1.29 is 0 Å². The molecule has 0 aromatic heterocycles. The molecule has 2 nitrogen and oxygen atoms in total. The minimum atomic E-state index is 0. The van der Waals surface area contributed by atoms with Crippen molar-refractivity contribution in [3.05, 3.63) is 33.8 Å². The van der Waals surface area contributed by atoms with Gasteiger partial charge in [-0.15, -0.1) is 12.4 Å². The number of halogens is 3. The number of nitrogens with one attached hydrogen (secondary N) is 1. The fourth-order valence-electron chi connectivity index (χ4n) is 2.07. The van der Waals surface area contributed by atoms with Crippen molar-refractivity contribution >= 4 is 35.6 Å². The molecule has 0 amide bonds. The van der Waals surface area contributed by atoms with Gasteiger partial charge in [0.2, 0.25) is 0 Å². The normalized spacial score (nSPS) is 19.4. The minimum absolute atomic E-state index is 0. The smallest absolute Gasteiger partial charge is 0.0595 e. The lowest BCUT2D eigenvalue weighted by Gasteiger charge is -2.23. The summed E-state index contributed by atoms with van der Waals surface area (Å²) in [6, 6.07) is 6.48. The second-order valence-corrected chi connectivity index (χ2v) is 5.12. The number of hydrogen-bond acceptors (Lipinski definition) is 2. The molecule has 1 aliphatic heterocycles. The third-order valence-corrected chi connectivity index (χ3v) is 3.81. The van der Waals surface area contributed by atoms with Gasteiger partial charge in [0.15, 0.2) is 0 Å². The molecule has 1 aromatic rings. The fourth-order valence-corrected chi connectivity index (χ4v) is 2.39. The Balaban J connectivity index is 0.00000144. The van der Waals surface area contributed by atoms with Crippen molar-refractivity contribution in [2.24, 2.45) is 0 Å². The number of likely N-dealkylation sites (N-methyl/N-ethyl adjacent to an activating group) is 1. The summed E-state index contributed by atoms with van der Waals surface area (Å²) in [4.78, 5) is 2.36. The van der Waals surface area contributed by atoms with Crippen molar-refractivity contribution in [2.75, 3.05) is 20.1 Å². The zero-order valence-electron chi connectivity index (χ0n) is 9.75. The first-order valence-electron chi connectivity index (χ1n) is 5.51. The van der Waals surface area contributed by atoms with Crippen LogP contribution in [-0.4, -0.2) is 31.1 Å². The topological polar surface area (TPSA) is 15.3 Å². The van der Waals surface area contributed by atoms with Crippen LogP contribution in [0.3, 0.4) is 0 Å². The summed E-state index contributed by atoms with van der Waals surface area (Å²) >= 11 is 11.9. The van der Waals surface area contributed by atoms with E-state index >= 15 is 0 Å². The molecule has 1 aliphatic rings.